The molecule has 2 fully saturated rings. The second-order valence-electron chi connectivity index (χ2n) is 7.29. The molecule has 0 bridgehead atoms. The van der Waals surface area contributed by atoms with Crippen LogP contribution in [0.25, 0.3) is 0 Å². The van der Waals surface area contributed by atoms with Crippen LogP contribution in [0.3, 0.4) is 0 Å². The highest BCUT2D eigenvalue weighted by Crippen LogP contribution is 2.27. The van der Waals surface area contributed by atoms with Crippen LogP contribution >= 0.6 is 0 Å². The summed E-state index contributed by atoms with van der Waals surface area (Å²) in [5.74, 6) is -0.414. The van der Waals surface area contributed by atoms with E-state index in [1.165, 1.54) is 22.9 Å². The molecule has 30 heavy (non-hydrogen) atoms. The Morgan fingerprint density at radius 1 is 0.933 bits per heavy atom. The summed E-state index contributed by atoms with van der Waals surface area (Å²) in [5.41, 5.74) is 0.271. The van der Waals surface area contributed by atoms with Gasteiger partial charge in [0.2, 0.25) is 15.9 Å². The Bertz CT molecular complexity index is 1010. The molecule has 0 spiro atoms. The van der Waals surface area contributed by atoms with E-state index in [4.69, 9.17) is 0 Å². The lowest BCUT2D eigenvalue weighted by Crippen LogP contribution is -2.55. The Hall–Kier alpha value is -2.85. The lowest BCUT2D eigenvalue weighted by atomic mass is 10.2. The number of benzene rings is 1. The summed E-state index contributed by atoms with van der Waals surface area (Å²) >= 11 is 0. The van der Waals surface area contributed by atoms with Crippen LogP contribution in [0.2, 0.25) is 0 Å². The normalized spacial score (nSPS) is 20.3. The van der Waals surface area contributed by atoms with E-state index in [0.717, 1.165) is 0 Å². The molecule has 3 heterocycles. The van der Waals surface area contributed by atoms with Crippen LogP contribution < -0.4 is 0 Å². The van der Waals surface area contributed by atoms with Crippen molar-refractivity contribution < 1.29 is 18.0 Å². The van der Waals surface area contributed by atoms with E-state index >= 15 is 0 Å². The van der Waals surface area contributed by atoms with Crippen molar-refractivity contribution in [3.8, 4) is 0 Å². The van der Waals surface area contributed by atoms with Crippen LogP contribution in [0.15, 0.2) is 53.8 Å². The molecule has 0 radical (unpaired) electrons. The number of piperazine rings is 1. The van der Waals surface area contributed by atoms with E-state index in [1.54, 1.807) is 40.1 Å². The molecule has 1 atom stereocenters. The van der Waals surface area contributed by atoms with E-state index in [9.17, 15) is 18.0 Å². The van der Waals surface area contributed by atoms with E-state index in [2.05, 4.69) is 9.97 Å². The zero-order valence-electron chi connectivity index (χ0n) is 16.4. The summed E-state index contributed by atoms with van der Waals surface area (Å²) in [6.45, 7) is 1.80. The molecule has 0 saturated carbocycles. The summed E-state index contributed by atoms with van der Waals surface area (Å²) in [4.78, 5) is 37.1. The van der Waals surface area contributed by atoms with Crippen LogP contribution in [-0.2, 0) is 14.8 Å². The van der Waals surface area contributed by atoms with E-state index in [-0.39, 0.29) is 22.4 Å². The molecule has 158 valence electrons. The number of carbonyl (C=O) groups excluding carboxylic acids is 2. The summed E-state index contributed by atoms with van der Waals surface area (Å²) in [5, 5.41) is 0. The van der Waals surface area contributed by atoms with E-state index in [0.29, 0.717) is 45.6 Å². The third-order valence-corrected chi connectivity index (χ3v) is 7.42. The minimum atomic E-state index is -3.73. The fraction of sp³-hybridized carbons (Fsp3) is 0.400. The molecule has 4 rings (SSSR count). The zero-order valence-corrected chi connectivity index (χ0v) is 17.2. The average molecular weight is 430 g/mol. The van der Waals surface area contributed by atoms with Crippen LogP contribution in [0, 0.1) is 0 Å². The lowest BCUT2D eigenvalue weighted by Gasteiger charge is -2.37. The number of aromatic nitrogens is 2. The fourth-order valence-corrected chi connectivity index (χ4v) is 5.59. The second-order valence-corrected chi connectivity index (χ2v) is 9.19. The Kier molecular flexibility index (Phi) is 5.78. The maximum absolute atomic E-state index is 13.1. The van der Waals surface area contributed by atoms with Gasteiger partial charge in [0, 0.05) is 45.1 Å². The number of sulfonamides is 1. The van der Waals surface area contributed by atoms with Gasteiger partial charge in [-0.25, -0.2) is 13.4 Å². The Balaban J connectivity index is 1.42. The number of hydrogen-bond acceptors (Lipinski definition) is 6. The molecule has 9 nitrogen and oxygen atoms in total. The fourth-order valence-electron chi connectivity index (χ4n) is 3.91. The molecule has 1 aromatic heterocycles. The SMILES string of the molecule is O=C(c1cnccn1)N1CCN(C(=O)C2CCCN2S(=O)(=O)c2ccccc2)CC1. The molecular weight excluding hydrogens is 406 g/mol. The maximum Gasteiger partial charge on any atom is 0.274 e. The topological polar surface area (TPSA) is 104 Å². The summed E-state index contributed by atoms with van der Waals surface area (Å²) in [7, 11) is -3.73. The van der Waals surface area contributed by atoms with Crippen molar-refractivity contribution in [2.24, 2.45) is 0 Å². The van der Waals surface area contributed by atoms with Gasteiger partial charge in [-0.2, -0.15) is 4.31 Å². The standard InChI is InChI=1S/C20H23N5O4S/c26-19(17-15-21-8-9-22-17)23-11-13-24(14-12-23)20(27)18-7-4-10-25(18)30(28,29)16-5-2-1-3-6-16/h1-3,5-6,8-9,15,18H,4,7,10-14H2. The molecule has 2 aliphatic rings. The minimum absolute atomic E-state index is 0.196. The van der Waals surface area contributed by atoms with Gasteiger partial charge in [-0.15, -0.1) is 0 Å². The Morgan fingerprint density at radius 3 is 2.30 bits per heavy atom. The van der Waals surface area contributed by atoms with Crippen LogP contribution in [0.4, 0.5) is 0 Å². The maximum atomic E-state index is 13.1. The van der Waals surface area contributed by atoms with Crippen LogP contribution in [0.5, 0.6) is 0 Å². The van der Waals surface area contributed by atoms with Crippen LogP contribution in [0.1, 0.15) is 23.3 Å². The van der Waals surface area contributed by atoms with Gasteiger partial charge in [-0.05, 0) is 25.0 Å². The highest BCUT2D eigenvalue weighted by Gasteiger charge is 2.41. The van der Waals surface area contributed by atoms with E-state index < -0.39 is 16.1 Å². The molecule has 1 unspecified atom stereocenters. The van der Waals surface area contributed by atoms with Gasteiger partial charge < -0.3 is 9.80 Å². The number of carbonyl (C=O) groups is 2. The molecule has 10 heteroatoms. The van der Waals surface area contributed by atoms with Gasteiger partial charge in [-0.1, -0.05) is 18.2 Å². The summed E-state index contributed by atoms with van der Waals surface area (Å²) in [6, 6.07) is 7.50. The van der Waals surface area contributed by atoms with Gasteiger partial charge in [0.15, 0.2) is 0 Å². The summed E-state index contributed by atoms with van der Waals surface area (Å²) in [6.07, 6.45) is 5.54. The van der Waals surface area contributed by atoms with E-state index in [1.807, 2.05) is 0 Å². The Morgan fingerprint density at radius 2 is 1.63 bits per heavy atom. The van der Waals surface area contributed by atoms with Crippen molar-refractivity contribution in [3.05, 3.63) is 54.6 Å². The first kappa shape index (κ1) is 20.4. The van der Waals surface area contributed by atoms with Crippen LogP contribution in [-0.4, -0.2) is 83.1 Å². The van der Waals surface area contributed by atoms with Gasteiger partial charge >= 0.3 is 0 Å². The van der Waals surface area contributed by atoms with Crippen molar-refractivity contribution >= 4 is 21.8 Å². The van der Waals surface area contributed by atoms with Gasteiger partial charge in [0.25, 0.3) is 5.91 Å². The first-order valence-electron chi connectivity index (χ1n) is 9.89. The molecule has 2 aromatic rings. The number of rotatable bonds is 4. The van der Waals surface area contributed by atoms with Gasteiger partial charge in [-0.3, -0.25) is 14.6 Å². The minimum Gasteiger partial charge on any atom is -0.338 e. The monoisotopic (exact) mass is 429 g/mol. The molecular formula is C20H23N5O4S. The predicted octanol–water partition coefficient (Wildman–Crippen LogP) is 0.614. The first-order chi connectivity index (χ1) is 14.5. The zero-order chi connectivity index (χ0) is 21.1. The number of amides is 2. The molecule has 2 aliphatic heterocycles. The predicted molar refractivity (Wildman–Crippen MR) is 108 cm³/mol. The van der Waals surface area contributed by atoms with Gasteiger partial charge in [0.05, 0.1) is 11.1 Å². The number of nitrogens with zero attached hydrogens (tertiary/aromatic N) is 5. The third-order valence-electron chi connectivity index (χ3n) is 5.50. The highest BCUT2D eigenvalue weighted by atomic mass is 32.2. The summed E-state index contributed by atoms with van der Waals surface area (Å²) < 4.78 is 27.4. The molecule has 2 amide bonds. The molecule has 0 aliphatic carbocycles. The lowest BCUT2D eigenvalue weighted by molar-refractivity contribution is -0.136. The molecule has 2 saturated heterocycles. The van der Waals surface area contributed by atoms with Crippen molar-refractivity contribution in [1.82, 2.24) is 24.1 Å². The molecule has 0 N–H and O–H groups in total. The van der Waals surface area contributed by atoms with Crippen molar-refractivity contribution in [1.29, 1.82) is 0 Å². The van der Waals surface area contributed by atoms with Crippen molar-refractivity contribution in [2.75, 3.05) is 32.7 Å². The smallest absolute Gasteiger partial charge is 0.274 e. The van der Waals surface area contributed by atoms with Gasteiger partial charge in [0.1, 0.15) is 11.7 Å². The van der Waals surface area contributed by atoms with Crippen molar-refractivity contribution in [2.45, 2.75) is 23.8 Å². The first-order valence-corrected chi connectivity index (χ1v) is 11.3. The molecule has 1 aromatic carbocycles. The largest absolute Gasteiger partial charge is 0.338 e. The third kappa shape index (κ3) is 3.92. The average Bonchev–Trinajstić information content (AvgIpc) is 3.30. The van der Waals surface area contributed by atoms with Crippen molar-refractivity contribution in [3.63, 3.8) is 0 Å². The second kappa shape index (κ2) is 8.49. The quantitative estimate of drug-likeness (QED) is 0.706. The number of hydrogen-bond donors (Lipinski definition) is 0. The highest BCUT2D eigenvalue weighted by molar-refractivity contribution is 7.89. The Labute approximate surface area is 175 Å².